The summed E-state index contributed by atoms with van der Waals surface area (Å²) in [4.78, 5) is 43.8. The van der Waals surface area contributed by atoms with E-state index in [-0.39, 0.29) is 38.9 Å². The molecule has 0 saturated carbocycles. The van der Waals surface area contributed by atoms with Crippen molar-refractivity contribution in [2.24, 2.45) is 0 Å². The predicted molar refractivity (Wildman–Crippen MR) is 116 cm³/mol. The second-order valence-corrected chi connectivity index (χ2v) is 7.53. The van der Waals surface area contributed by atoms with Gasteiger partial charge in [-0.2, -0.15) is 0 Å². The van der Waals surface area contributed by atoms with Crippen molar-refractivity contribution < 1.29 is 13.6 Å². The van der Waals surface area contributed by atoms with Gasteiger partial charge in [0.05, 0.1) is 27.8 Å². The van der Waals surface area contributed by atoms with Gasteiger partial charge in [-0.25, -0.2) is 8.78 Å². The first kappa shape index (κ1) is 21.7. The molecule has 3 heterocycles. The van der Waals surface area contributed by atoms with Crippen LogP contribution in [0, 0.1) is 11.6 Å². The van der Waals surface area contributed by atoms with Crippen molar-refractivity contribution in [3.63, 3.8) is 0 Å². The fourth-order valence-corrected chi connectivity index (χ4v) is 3.62. The monoisotopic (exact) mass is 476 g/mol. The molecule has 0 aliphatic carbocycles. The lowest BCUT2D eigenvalue weighted by Gasteiger charge is -2.15. The van der Waals surface area contributed by atoms with E-state index in [0.29, 0.717) is 0 Å². The lowest BCUT2D eigenvalue weighted by atomic mass is 10.1. The maximum atomic E-state index is 14.2. The highest BCUT2D eigenvalue weighted by Crippen LogP contribution is 2.29. The van der Waals surface area contributed by atoms with E-state index in [1.165, 1.54) is 29.1 Å². The van der Waals surface area contributed by atoms with Crippen LogP contribution in [0.2, 0.25) is 10.0 Å². The zero-order valence-corrected chi connectivity index (χ0v) is 17.5. The van der Waals surface area contributed by atoms with Gasteiger partial charge < -0.3 is 14.9 Å². The highest BCUT2D eigenvalue weighted by molar-refractivity contribution is 6.39. The maximum Gasteiger partial charge on any atom is 0.261 e. The van der Waals surface area contributed by atoms with E-state index in [0.717, 1.165) is 24.4 Å². The average molecular weight is 477 g/mol. The van der Waals surface area contributed by atoms with Crippen molar-refractivity contribution in [1.82, 2.24) is 14.5 Å². The van der Waals surface area contributed by atoms with Crippen LogP contribution < -0.4 is 16.3 Å². The highest BCUT2D eigenvalue weighted by atomic mass is 35.5. The molecule has 7 nitrogen and oxygen atoms in total. The fraction of sp³-hybridized carbons (Fsp3) is 0.0476. The third-order valence-electron chi connectivity index (χ3n) is 4.69. The predicted octanol–water partition coefficient (Wildman–Crippen LogP) is 3.97. The van der Waals surface area contributed by atoms with Gasteiger partial charge in [0.2, 0.25) is 11.0 Å². The van der Waals surface area contributed by atoms with Crippen molar-refractivity contribution in [2.45, 2.75) is 6.54 Å². The molecule has 0 unspecified atom stereocenters. The van der Waals surface area contributed by atoms with Crippen molar-refractivity contribution in [1.29, 1.82) is 0 Å². The van der Waals surface area contributed by atoms with Crippen molar-refractivity contribution in [3.8, 4) is 0 Å². The minimum Gasteiger partial charge on any atom is -0.341 e. The Hall–Kier alpha value is -3.56. The second kappa shape index (κ2) is 8.52. The number of nitrogens with zero attached hydrogens (tertiary/aromatic N) is 2. The number of H-pyrrole nitrogens is 1. The molecule has 2 N–H and O–H groups in total. The molecule has 162 valence electrons. The first-order valence-corrected chi connectivity index (χ1v) is 9.81. The number of carbonyl (C=O) groups excluding carboxylic acids is 1. The van der Waals surface area contributed by atoms with Gasteiger partial charge in [-0.3, -0.25) is 19.4 Å². The van der Waals surface area contributed by atoms with Crippen LogP contribution in [0.1, 0.15) is 15.9 Å². The average Bonchev–Trinajstić information content (AvgIpc) is 2.75. The minimum atomic E-state index is -0.889. The van der Waals surface area contributed by atoms with Crippen LogP contribution in [-0.4, -0.2) is 20.4 Å². The van der Waals surface area contributed by atoms with E-state index in [2.05, 4.69) is 15.3 Å². The number of halogens is 4. The summed E-state index contributed by atoms with van der Waals surface area (Å²) in [5, 5.41) is 2.50. The largest absolute Gasteiger partial charge is 0.341 e. The molecule has 4 aromatic rings. The van der Waals surface area contributed by atoms with Crippen LogP contribution in [0.25, 0.3) is 11.0 Å². The van der Waals surface area contributed by atoms with Gasteiger partial charge in [0.25, 0.3) is 5.91 Å². The quantitative estimate of drug-likeness (QED) is 0.465. The number of aromatic amines is 1. The molecule has 0 spiro atoms. The summed E-state index contributed by atoms with van der Waals surface area (Å²) in [7, 11) is 0. The highest BCUT2D eigenvalue weighted by Gasteiger charge is 2.20. The standard InChI is InChI=1S/C21H12Cl2F2N4O3/c22-12-6-26-7-13(23)18(12)28-21(32)11-9-29(8-10-14(24)2-1-3-15(10)25)16-4-5-17(30)27-19(16)20(11)31/h1-7,9H,8H2,(H,27,30)(H,26,28,32). The van der Waals surface area contributed by atoms with Crippen molar-refractivity contribution >= 4 is 45.8 Å². The Bertz CT molecular complexity index is 1460. The Balaban J connectivity index is 1.88. The van der Waals surface area contributed by atoms with Crippen LogP contribution in [0.5, 0.6) is 0 Å². The molecule has 11 heteroatoms. The molecule has 4 rings (SSSR count). The molecule has 0 aliphatic rings. The van der Waals surface area contributed by atoms with Gasteiger partial charge >= 0.3 is 0 Å². The van der Waals surface area contributed by atoms with E-state index < -0.39 is 34.1 Å². The third-order valence-corrected chi connectivity index (χ3v) is 5.26. The summed E-state index contributed by atoms with van der Waals surface area (Å²) in [6.07, 6.45) is 3.65. The Morgan fingerprint density at radius 3 is 2.38 bits per heavy atom. The van der Waals surface area contributed by atoms with Crippen LogP contribution >= 0.6 is 23.2 Å². The smallest absolute Gasteiger partial charge is 0.261 e. The van der Waals surface area contributed by atoms with Crippen molar-refractivity contribution in [2.75, 3.05) is 5.32 Å². The fourth-order valence-electron chi connectivity index (χ4n) is 3.16. The van der Waals surface area contributed by atoms with E-state index in [1.54, 1.807) is 0 Å². The van der Waals surface area contributed by atoms with Crippen LogP contribution in [0.3, 0.4) is 0 Å². The molecule has 0 atom stereocenters. The second-order valence-electron chi connectivity index (χ2n) is 6.72. The number of fused-ring (bicyclic) bond motifs is 1. The number of hydrogen-bond donors (Lipinski definition) is 2. The molecular weight excluding hydrogens is 465 g/mol. The van der Waals surface area contributed by atoms with Gasteiger partial charge in [0, 0.05) is 30.2 Å². The molecule has 32 heavy (non-hydrogen) atoms. The molecule has 0 bridgehead atoms. The lowest BCUT2D eigenvalue weighted by Crippen LogP contribution is -2.26. The molecule has 0 aliphatic heterocycles. The normalized spacial score (nSPS) is 11.0. The number of pyridine rings is 3. The van der Waals surface area contributed by atoms with Gasteiger partial charge in [-0.15, -0.1) is 0 Å². The SMILES string of the molecule is O=C(Nc1c(Cl)cncc1Cl)c1cn(Cc2c(F)cccc2F)c2ccc(=O)[nH]c2c1=O. The summed E-state index contributed by atoms with van der Waals surface area (Å²) in [5.74, 6) is -2.50. The van der Waals surface area contributed by atoms with E-state index in [9.17, 15) is 23.2 Å². The van der Waals surface area contributed by atoms with Crippen LogP contribution in [-0.2, 0) is 6.54 Å². The number of amides is 1. The zero-order valence-electron chi connectivity index (χ0n) is 16.0. The van der Waals surface area contributed by atoms with Gasteiger partial charge in [-0.1, -0.05) is 29.3 Å². The molecule has 0 saturated heterocycles. The zero-order chi connectivity index (χ0) is 23.0. The van der Waals surface area contributed by atoms with Gasteiger partial charge in [-0.05, 0) is 18.2 Å². The molecular formula is C21H12Cl2F2N4O3. The number of rotatable bonds is 4. The number of nitrogens with one attached hydrogen (secondary N) is 2. The van der Waals surface area contributed by atoms with Crippen molar-refractivity contribution in [3.05, 3.63) is 102 Å². The molecule has 1 amide bonds. The molecule has 0 fully saturated rings. The number of aromatic nitrogens is 3. The number of hydrogen-bond acceptors (Lipinski definition) is 4. The molecule has 0 radical (unpaired) electrons. The minimum absolute atomic E-state index is 0.0288. The summed E-state index contributed by atoms with van der Waals surface area (Å²) >= 11 is 12.0. The van der Waals surface area contributed by atoms with Gasteiger partial charge in [0.1, 0.15) is 22.7 Å². The summed E-state index contributed by atoms with van der Waals surface area (Å²) in [6.45, 7) is -0.349. The van der Waals surface area contributed by atoms with E-state index in [1.807, 2.05) is 0 Å². The van der Waals surface area contributed by atoms with E-state index in [4.69, 9.17) is 23.2 Å². The molecule has 1 aromatic carbocycles. The maximum absolute atomic E-state index is 14.2. The summed E-state index contributed by atoms with van der Waals surface area (Å²) in [5.41, 5.74) is -2.06. The number of benzene rings is 1. The topological polar surface area (TPSA) is 96.8 Å². The Kier molecular flexibility index (Phi) is 5.77. The molecule has 3 aromatic heterocycles. The van der Waals surface area contributed by atoms with E-state index >= 15 is 0 Å². The van der Waals surface area contributed by atoms with Crippen LogP contribution in [0.15, 0.2) is 58.5 Å². The Morgan fingerprint density at radius 2 is 1.72 bits per heavy atom. The first-order valence-electron chi connectivity index (χ1n) is 9.06. The number of anilines is 1. The Labute approximate surface area is 188 Å². The summed E-state index contributed by atoms with van der Waals surface area (Å²) < 4.78 is 29.7. The van der Waals surface area contributed by atoms with Gasteiger partial charge in [0.15, 0.2) is 0 Å². The van der Waals surface area contributed by atoms with Crippen LogP contribution in [0.4, 0.5) is 14.5 Å². The first-order chi connectivity index (χ1) is 15.3. The summed E-state index contributed by atoms with van der Waals surface area (Å²) in [6, 6.07) is 5.88. The lowest BCUT2D eigenvalue weighted by molar-refractivity contribution is 0.102. The number of carbonyl (C=O) groups is 1. The Morgan fingerprint density at radius 1 is 1.06 bits per heavy atom. The third kappa shape index (κ3) is 4.00.